The molecule has 0 bridgehead atoms. The second kappa shape index (κ2) is 10.8. The number of rotatable bonds is 7. The number of hydrogen-bond donors (Lipinski definition) is 3. The Bertz CT molecular complexity index is 1280. The minimum Gasteiger partial charge on any atom is -0.366 e. The van der Waals surface area contributed by atoms with Crippen LogP contribution in [-0.4, -0.2) is 38.4 Å². The zero-order valence-electron chi connectivity index (χ0n) is 20.7. The molecule has 0 aliphatic heterocycles. The van der Waals surface area contributed by atoms with Crippen molar-refractivity contribution in [3.63, 3.8) is 0 Å². The monoisotopic (exact) mass is 481 g/mol. The predicted molar refractivity (Wildman–Crippen MR) is 141 cm³/mol. The first-order valence-corrected chi connectivity index (χ1v) is 11.9. The van der Waals surface area contributed by atoms with Gasteiger partial charge in [-0.05, 0) is 40.7 Å². The van der Waals surface area contributed by atoms with Crippen LogP contribution in [0.4, 0.5) is 0 Å². The number of amides is 1. The van der Waals surface area contributed by atoms with Crippen molar-refractivity contribution in [1.29, 1.82) is 0 Å². The Balaban J connectivity index is 1.41. The molecule has 0 spiro atoms. The summed E-state index contributed by atoms with van der Waals surface area (Å²) >= 11 is 0. The van der Waals surface area contributed by atoms with Gasteiger partial charge in [0.25, 0.3) is 5.91 Å². The molecule has 3 N–H and O–H groups in total. The quantitative estimate of drug-likeness (QED) is 0.331. The fourth-order valence-electron chi connectivity index (χ4n) is 3.90. The number of aliphatic hydroxyl groups is 2. The number of carbonyl (C=O) groups excluding carboxylic acids is 1. The average Bonchev–Trinajstić information content (AvgIpc) is 2.89. The molecule has 184 valence electrons. The Labute approximate surface area is 211 Å². The number of nitrogens with one attached hydrogen (secondary N) is 1. The Kier molecular flexibility index (Phi) is 7.58. The van der Waals surface area contributed by atoms with Crippen LogP contribution in [0.25, 0.3) is 22.5 Å². The minimum atomic E-state index is -1.70. The van der Waals surface area contributed by atoms with Crippen LogP contribution in [0.15, 0.2) is 91.3 Å². The van der Waals surface area contributed by atoms with Crippen LogP contribution in [0.1, 0.15) is 42.3 Å². The Hall–Kier alpha value is -3.87. The summed E-state index contributed by atoms with van der Waals surface area (Å²) in [4.78, 5) is 21.7. The van der Waals surface area contributed by atoms with Crippen LogP contribution >= 0.6 is 0 Å². The first-order valence-electron chi connectivity index (χ1n) is 11.9. The van der Waals surface area contributed by atoms with Crippen molar-refractivity contribution >= 4 is 5.91 Å². The molecule has 0 saturated carbocycles. The lowest BCUT2D eigenvalue weighted by molar-refractivity contribution is -0.0647. The van der Waals surface area contributed by atoms with Gasteiger partial charge < -0.3 is 15.5 Å². The van der Waals surface area contributed by atoms with E-state index in [0.717, 1.165) is 27.8 Å². The topological polar surface area (TPSA) is 95.3 Å². The number of aromatic nitrogens is 2. The van der Waals surface area contributed by atoms with Crippen molar-refractivity contribution in [3.8, 4) is 22.5 Å². The number of benzene rings is 3. The van der Waals surface area contributed by atoms with Crippen LogP contribution in [0.5, 0.6) is 0 Å². The van der Waals surface area contributed by atoms with Crippen molar-refractivity contribution in [2.75, 3.05) is 0 Å². The molecule has 0 saturated heterocycles. The Morgan fingerprint density at radius 3 is 1.97 bits per heavy atom. The predicted octanol–water partition coefficient (Wildman–Crippen LogP) is 4.76. The highest BCUT2D eigenvalue weighted by Gasteiger charge is 2.21. The van der Waals surface area contributed by atoms with E-state index in [9.17, 15) is 15.0 Å². The van der Waals surface area contributed by atoms with Gasteiger partial charge in [0.2, 0.25) is 0 Å². The summed E-state index contributed by atoms with van der Waals surface area (Å²) in [5, 5.41) is 22.5. The average molecular weight is 482 g/mol. The van der Waals surface area contributed by atoms with Gasteiger partial charge in [0.1, 0.15) is 0 Å². The van der Waals surface area contributed by atoms with Gasteiger partial charge >= 0.3 is 0 Å². The van der Waals surface area contributed by atoms with E-state index in [0.29, 0.717) is 11.4 Å². The van der Waals surface area contributed by atoms with Gasteiger partial charge in [-0.15, -0.1) is 0 Å². The highest BCUT2D eigenvalue weighted by molar-refractivity contribution is 5.94. The molecule has 1 amide bonds. The van der Waals surface area contributed by atoms with Crippen molar-refractivity contribution in [2.24, 2.45) is 0 Å². The van der Waals surface area contributed by atoms with Crippen LogP contribution < -0.4 is 5.32 Å². The van der Waals surface area contributed by atoms with E-state index in [-0.39, 0.29) is 17.7 Å². The maximum Gasteiger partial charge on any atom is 0.251 e. The van der Waals surface area contributed by atoms with E-state index < -0.39 is 12.3 Å². The van der Waals surface area contributed by atoms with E-state index in [1.165, 1.54) is 0 Å². The molecule has 0 aliphatic carbocycles. The van der Waals surface area contributed by atoms with Crippen LogP contribution in [-0.2, 0) is 11.8 Å². The zero-order valence-corrected chi connectivity index (χ0v) is 20.7. The molecule has 1 heterocycles. The molecule has 4 aromatic rings. The highest BCUT2D eigenvalue weighted by Crippen LogP contribution is 2.23. The van der Waals surface area contributed by atoms with E-state index in [1.54, 1.807) is 24.5 Å². The summed E-state index contributed by atoms with van der Waals surface area (Å²) in [5.41, 5.74) is 5.28. The van der Waals surface area contributed by atoms with E-state index in [1.807, 2.05) is 66.7 Å². The molecule has 0 radical (unpaired) electrons. The van der Waals surface area contributed by atoms with Gasteiger partial charge in [0.05, 0.1) is 6.04 Å². The Morgan fingerprint density at radius 2 is 1.42 bits per heavy atom. The molecule has 6 nitrogen and oxygen atoms in total. The molecule has 3 aromatic carbocycles. The maximum absolute atomic E-state index is 12.7. The summed E-state index contributed by atoms with van der Waals surface area (Å²) in [6.45, 7) is 6.33. The van der Waals surface area contributed by atoms with E-state index in [4.69, 9.17) is 0 Å². The minimum absolute atomic E-state index is 0.0139. The molecular formula is C30H31N3O3. The fraction of sp³-hybridized carbons (Fsp3) is 0.233. The van der Waals surface area contributed by atoms with Crippen molar-refractivity contribution in [3.05, 3.63) is 108 Å². The lowest BCUT2D eigenvalue weighted by atomic mass is 9.86. The number of aliphatic hydroxyl groups excluding tert-OH is 1. The molecule has 4 rings (SSSR count). The third kappa shape index (κ3) is 6.22. The lowest BCUT2D eigenvalue weighted by Gasteiger charge is -2.22. The Morgan fingerprint density at radius 1 is 0.806 bits per heavy atom. The second-order valence-electron chi connectivity index (χ2n) is 9.88. The molecule has 36 heavy (non-hydrogen) atoms. The SMILES string of the molecule is CC(C)(C)c1ccc(C(=O)N[C@@H](Cc2ccc(-c3ncc(-c4ccccc4)cn3)cc2)C(O)O)cc1. The van der Waals surface area contributed by atoms with Crippen LogP contribution in [0.2, 0.25) is 0 Å². The van der Waals surface area contributed by atoms with Crippen LogP contribution in [0, 0.1) is 0 Å². The largest absolute Gasteiger partial charge is 0.366 e. The summed E-state index contributed by atoms with van der Waals surface area (Å²) in [7, 11) is 0. The van der Waals surface area contributed by atoms with E-state index in [2.05, 4.69) is 36.1 Å². The first kappa shape index (κ1) is 25.2. The number of hydrogen-bond acceptors (Lipinski definition) is 5. The maximum atomic E-state index is 12.7. The fourth-order valence-corrected chi connectivity index (χ4v) is 3.90. The van der Waals surface area contributed by atoms with Gasteiger partial charge in [-0.25, -0.2) is 9.97 Å². The first-order chi connectivity index (χ1) is 17.2. The summed E-state index contributed by atoms with van der Waals surface area (Å²) < 4.78 is 0. The molecule has 1 aromatic heterocycles. The van der Waals surface area contributed by atoms with Crippen LogP contribution in [0.3, 0.4) is 0 Å². The number of carbonyl (C=O) groups is 1. The molecule has 0 fully saturated rings. The summed E-state index contributed by atoms with van der Waals surface area (Å²) in [6.07, 6.45) is 2.16. The van der Waals surface area contributed by atoms with Gasteiger partial charge in [0.15, 0.2) is 12.1 Å². The standard InChI is InChI=1S/C30H31N3O3/c1-30(2,3)25-15-13-23(14-16-25)28(34)33-26(29(35)36)17-20-9-11-22(12-10-20)27-31-18-24(19-32-27)21-7-5-4-6-8-21/h4-16,18-19,26,29,35-36H,17H2,1-3H3,(H,33,34)/t26-/m0/s1. The summed E-state index contributed by atoms with van der Waals surface area (Å²) in [6, 6.07) is 24.0. The normalized spacial score (nSPS) is 12.4. The highest BCUT2D eigenvalue weighted by atomic mass is 16.5. The van der Waals surface area contributed by atoms with Gasteiger partial charge in [-0.3, -0.25) is 4.79 Å². The van der Waals surface area contributed by atoms with Gasteiger partial charge in [-0.1, -0.05) is 87.5 Å². The van der Waals surface area contributed by atoms with Crippen molar-refractivity contribution in [2.45, 2.75) is 44.9 Å². The summed E-state index contributed by atoms with van der Waals surface area (Å²) in [5.74, 6) is 0.254. The molecule has 6 heteroatoms. The molecule has 0 unspecified atom stereocenters. The van der Waals surface area contributed by atoms with E-state index >= 15 is 0 Å². The smallest absolute Gasteiger partial charge is 0.251 e. The van der Waals surface area contributed by atoms with Gasteiger partial charge in [0, 0.05) is 29.1 Å². The third-order valence-electron chi connectivity index (χ3n) is 6.12. The third-order valence-corrected chi connectivity index (χ3v) is 6.12. The number of nitrogens with zero attached hydrogens (tertiary/aromatic N) is 2. The molecule has 1 atom stereocenters. The molecule has 0 aliphatic rings. The zero-order chi connectivity index (χ0) is 25.7. The van der Waals surface area contributed by atoms with Gasteiger partial charge in [-0.2, -0.15) is 0 Å². The second-order valence-corrected chi connectivity index (χ2v) is 9.88. The van der Waals surface area contributed by atoms with Crippen molar-refractivity contribution in [1.82, 2.24) is 15.3 Å². The van der Waals surface area contributed by atoms with Crippen molar-refractivity contribution < 1.29 is 15.0 Å². The molecular weight excluding hydrogens is 450 g/mol. The lowest BCUT2D eigenvalue weighted by Crippen LogP contribution is -2.44.